The van der Waals surface area contributed by atoms with Gasteiger partial charge in [0.15, 0.2) is 5.41 Å². The second-order valence-electron chi connectivity index (χ2n) is 7.19. The van der Waals surface area contributed by atoms with Gasteiger partial charge in [0.05, 0.1) is 6.61 Å². The van der Waals surface area contributed by atoms with Gasteiger partial charge >= 0.3 is 5.97 Å². The predicted octanol–water partition coefficient (Wildman–Crippen LogP) is 4.76. The Hall–Kier alpha value is -2.92. The molecule has 6 heteroatoms. The zero-order chi connectivity index (χ0) is 21.6. The largest absolute Gasteiger partial charge is 0.465 e. The van der Waals surface area contributed by atoms with Crippen LogP contribution in [0.5, 0.6) is 0 Å². The van der Waals surface area contributed by atoms with E-state index in [2.05, 4.69) is 0 Å². The van der Waals surface area contributed by atoms with Crippen molar-refractivity contribution in [2.75, 3.05) is 13.2 Å². The van der Waals surface area contributed by atoms with E-state index in [9.17, 15) is 14.4 Å². The fourth-order valence-electron chi connectivity index (χ4n) is 3.64. The molecule has 0 N–H and O–H groups in total. The van der Waals surface area contributed by atoms with Crippen molar-refractivity contribution in [3.63, 3.8) is 0 Å². The van der Waals surface area contributed by atoms with E-state index in [0.29, 0.717) is 23.4 Å². The Kier molecular flexibility index (Phi) is 7.06. The fourth-order valence-corrected chi connectivity index (χ4v) is 3.76. The van der Waals surface area contributed by atoms with E-state index in [0.717, 1.165) is 5.56 Å². The minimum Gasteiger partial charge on any atom is -0.465 e. The quantitative estimate of drug-likeness (QED) is 0.380. The maximum atomic E-state index is 13.4. The smallest absolute Gasteiger partial charge is 0.321 e. The number of likely N-dealkylation sites (tertiary alicyclic amines) is 1. The van der Waals surface area contributed by atoms with E-state index in [-0.39, 0.29) is 19.6 Å². The van der Waals surface area contributed by atoms with Gasteiger partial charge in [0.1, 0.15) is 0 Å². The van der Waals surface area contributed by atoms with E-state index in [1.807, 2.05) is 18.2 Å². The number of imide groups is 1. The van der Waals surface area contributed by atoms with Crippen LogP contribution in [0.25, 0.3) is 6.08 Å². The Morgan fingerprint density at radius 3 is 2.50 bits per heavy atom. The van der Waals surface area contributed by atoms with Gasteiger partial charge in [-0.05, 0) is 56.0 Å². The molecule has 1 fully saturated rings. The van der Waals surface area contributed by atoms with Crippen LogP contribution >= 0.6 is 11.6 Å². The summed E-state index contributed by atoms with van der Waals surface area (Å²) in [6, 6.07) is 15.9. The van der Waals surface area contributed by atoms with Crippen LogP contribution < -0.4 is 0 Å². The van der Waals surface area contributed by atoms with E-state index in [4.69, 9.17) is 16.3 Å². The van der Waals surface area contributed by atoms with Crippen LogP contribution in [-0.4, -0.2) is 35.8 Å². The third-order valence-electron chi connectivity index (χ3n) is 5.22. The summed E-state index contributed by atoms with van der Waals surface area (Å²) in [7, 11) is 0. The number of esters is 1. The van der Waals surface area contributed by atoms with E-state index in [1.165, 1.54) is 4.90 Å². The number of allylic oxidation sites excluding steroid dienone is 1. The number of piperidine rings is 1. The number of hydrogen-bond acceptors (Lipinski definition) is 4. The van der Waals surface area contributed by atoms with Crippen molar-refractivity contribution in [3.8, 4) is 0 Å². The third-order valence-corrected chi connectivity index (χ3v) is 5.47. The summed E-state index contributed by atoms with van der Waals surface area (Å²) in [6.45, 7) is 2.16. The number of carbonyl (C=O) groups is 3. The Balaban J connectivity index is 1.87. The number of amides is 2. The molecular formula is C24H24ClNO4. The summed E-state index contributed by atoms with van der Waals surface area (Å²) in [5.41, 5.74) is -0.0807. The van der Waals surface area contributed by atoms with Gasteiger partial charge in [0, 0.05) is 17.1 Å². The molecule has 0 aliphatic carbocycles. The van der Waals surface area contributed by atoms with Crippen molar-refractivity contribution in [3.05, 3.63) is 76.8 Å². The third kappa shape index (κ3) is 4.62. The number of hydrogen-bond donors (Lipinski definition) is 0. The summed E-state index contributed by atoms with van der Waals surface area (Å²) in [6.07, 6.45) is 4.66. The minimum absolute atomic E-state index is 0.159. The molecule has 0 spiro atoms. The van der Waals surface area contributed by atoms with Gasteiger partial charge in [-0.2, -0.15) is 0 Å². The van der Waals surface area contributed by atoms with Crippen molar-refractivity contribution in [1.29, 1.82) is 0 Å². The SMILES string of the molecule is CCOC(=O)[C@@]1(CC=Cc2ccc(Cl)cc2)CCCN(C(=O)c2ccccc2)C1=O. The Labute approximate surface area is 181 Å². The predicted molar refractivity (Wildman–Crippen MR) is 116 cm³/mol. The van der Waals surface area contributed by atoms with Crippen LogP contribution in [0, 0.1) is 5.41 Å². The second kappa shape index (κ2) is 9.72. The number of nitrogens with zero attached hydrogens (tertiary/aromatic N) is 1. The molecule has 0 saturated carbocycles. The van der Waals surface area contributed by atoms with Crippen molar-refractivity contribution in [1.82, 2.24) is 4.90 Å². The van der Waals surface area contributed by atoms with E-state index < -0.39 is 23.2 Å². The lowest BCUT2D eigenvalue weighted by Crippen LogP contribution is -2.55. The van der Waals surface area contributed by atoms with Crippen molar-refractivity contribution >= 4 is 35.5 Å². The van der Waals surface area contributed by atoms with Crippen LogP contribution in [0.3, 0.4) is 0 Å². The first-order valence-electron chi connectivity index (χ1n) is 9.98. The molecule has 1 saturated heterocycles. The second-order valence-corrected chi connectivity index (χ2v) is 7.63. The minimum atomic E-state index is -1.40. The summed E-state index contributed by atoms with van der Waals surface area (Å²) >= 11 is 5.91. The molecule has 0 bridgehead atoms. The molecule has 1 aliphatic heterocycles. The first-order chi connectivity index (χ1) is 14.5. The molecule has 5 nitrogen and oxygen atoms in total. The van der Waals surface area contributed by atoms with Gasteiger partial charge in [-0.1, -0.05) is 54.1 Å². The highest BCUT2D eigenvalue weighted by molar-refractivity contribution is 6.30. The summed E-state index contributed by atoms with van der Waals surface area (Å²) < 4.78 is 5.26. The van der Waals surface area contributed by atoms with Crippen LogP contribution in [-0.2, 0) is 14.3 Å². The van der Waals surface area contributed by atoms with Crippen molar-refractivity contribution < 1.29 is 19.1 Å². The topological polar surface area (TPSA) is 63.7 Å². The Bertz CT molecular complexity index is 939. The fraction of sp³-hybridized carbons (Fsp3) is 0.292. The summed E-state index contributed by atoms with van der Waals surface area (Å²) in [5.74, 6) is -1.47. The molecule has 1 atom stereocenters. The lowest BCUT2D eigenvalue weighted by molar-refractivity contribution is -0.166. The molecule has 156 valence electrons. The molecule has 2 aromatic rings. The Morgan fingerprint density at radius 1 is 1.13 bits per heavy atom. The van der Waals surface area contributed by atoms with Gasteiger partial charge in [-0.3, -0.25) is 19.3 Å². The summed E-state index contributed by atoms with van der Waals surface area (Å²) in [5, 5.41) is 0.632. The van der Waals surface area contributed by atoms with Crippen molar-refractivity contribution in [2.45, 2.75) is 26.2 Å². The number of ether oxygens (including phenoxy) is 1. The number of carbonyl (C=O) groups excluding carboxylic acids is 3. The molecule has 0 aromatic heterocycles. The monoisotopic (exact) mass is 425 g/mol. The van der Waals surface area contributed by atoms with Gasteiger partial charge < -0.3 is 4.74 Å². The molecule has 2 amide bonds. The van der Waals surface area contributed by atoms with E-state index in [1.54, 1.807) is 55.5 Å². The molecule has 30 heavy (non-hydrogen) atoms. The van der Waals surface area contributed by atoms with Crippen LogP contribution in [0.2, 0.25) is 5.02 Å². The maximum absolute atomic E-state index is 13.4. The van der Waals surface area contributed by atoms with Crippen LogP contribution in [0.15, 0.2) is 60.7 Å². The average Bonchev–Trinajstić information content (AvgIpc) is 2.76. The first kappa shape index (κ1) is 21.8. The maximum Gasteiger partial charge on any atom is 0.321 e. The van der Waals surface area contributed by atoms with Gasteiger partial charge in [-0.15, -0.1) is 0 Å². The highest BCUT2D eigenvalue weighted by Gasteiger charge is 2.52. The number of benzene rings is 2. The molecule has 0 unspecified atom stereocenters. The lowest BCUT2D eigenvalue weighted by atomic mass is 9.75. The molecule has 0 radical (unpaired) electrons. The zero-order valence-corrected chi connectivity index (χ0v) is 17.6. The average molecular weight is 426 g/mol. The van der Waals surface area contributed by atoms with E-state index >= 15 is 0 Å². The molecule has 1 heterocycles. The molecular weight excluding hydrogens is 402 g/mol. The molecule has 1 aliphatic rings. The van der Waals surface area contributed by atoms with Gasteiger partial charge in [0.2, 0.25) is 5.91 Å². The number of halogens is 1. The summed E-state index contributed by atoms with van der Waals surface area (Å²) in [4.78, 5) is 40.4. The van der Waals surface area contributed by atoms with Crippen LogP contribution in [0.1, 0.15) is 42.1 Å². The van der Waals surface area contributed by atoms with Crippen molar-refractivity contribution in [2.24, 2.45) is 5.41 Å². The number of rotatable bonds is 6. The Morgan fingerprint density at radius 2 is 1.83 bits per heavy atom. The first-order valence-corrected chi connectivity index (χ1v) is 10.4. The highest BCUT2D eigenvalue weighted by Crippen LogP contribution is 2.37. The van der Waals surface area contributed by atoms with Gasteiger partial charge in [-0.25, -0.2) is 0 Å². The molecule has 2 aromatic carbocycles. The lowest BCUT2D eigenvalue weighted by Gasteiger charge is -2.38. The normalized spacial score (nSPS) is 19.1. The van der Waals surface area contributed by atoms with Gasteiger partial charge in [0.25, 0.3) is 5.91 Å². The van der Waals surface area contributed by atoms with Crippen LogP contribution in [0.4, 0.5) is 0 Å². The molecule has 3 rings (SSSR count). The standard InChI is InChI=1S/C24H24ClNO4/c1-2-30-23(29)24(15-6-8-18-11-13-20(25)14-12-18)16-7-17-26(22(24)28)21(27)19-9-4-3-5-10-19/h3-6,8-14H,2,7,15-17H2,1H3/t24-/m0/s1. The highest BCUT2D eigenvalue weighted by atomic mass is 35.5. The zero-order valence-electron chi connectivity index (χ0n) is 16.8.